The Kier molecular flexibility index (Phi) is 6.65. The van der Waals surface area contributed by atoms with Gasteiger partial charge in [-0.25, -0.2) is 0 Å². The molecule has 0 bridgehead atoms. The molecule has 0 fully saturated rings. The van der Waals surface area contributed by atoms with Crippen molar-refractivity contribution >= 4 is 35.1 Å². The number of para-hydroxylation sites is 1. The molecule has 3 aromatic carbocycles. The van der Waals surface area contributed by atoms with E-state index in [0.29, 0.717) is 27.5 Å². The van der Waals surface area contributed by atoms with Crippen molar-refractivity contribution in [3.63, 3.8) is 0 Å². The zero-order valence-electron chi connectivity index (χ0n) is 18.3. The predicted molar refractivity (Wildman–Crippen MR) is 136 cm³/mol. The second kappa shape index (κ2) is 10.2. The summed E-state index contributed by atoms with van der Waals surface area (Å²) in [6.45, 7) is 0. The average Bonchev–Trinajstić information content (AvgIpc) is 3.03. The van der Waals surface area contributed by atoms with Crippen molar-refractivity contribution in [3.8, 4) is 22.9 Å². The van der Waals surface area contributed by atoms with Crippen molar-refractivity contribution in [2.24, 2.45) is 0 Å². The highest BCUT2D eigenvalue weighted by atomic mass is 35.5. The van der Waals surface area contributed by atoms with Crippen molar-refractivity contribution in [3.05, 3.63) is 95.0 Å². The summed E-state index contributed by atoms with van der Waals surface area (Å²) >= 11 is 7.48. The Morgan fingerprint density at radius 3 is 2.62 bits per heavy atom. The molecule has 1 atom stereocenters. The number of halogens is 1. The fourth-order valence-corrected chi connectivity index (χ4v) is 4.32. The summed E-state index contributed by atoms with van der Waals surface area (Å²) in [6.07, 6.45) is 3.52. The SMILES string of the molecule is COc1ccc(C=CC2Nc3ccccc3-c3nnc(SCc4ccc(Cl)cc4)nc3O2)cc1. The molecule has 0 spiro atoms. The van der Waals surface area contributed by atoms with Crippen LogP contribution in [0.3, 0.4) is 0 Å². The molecule has 6 nitrogen and oxygen atoms in total. The number of methoxy groups -OCH3 is 1. The van der Waals surface area contributed by atoms with Crippen LogP contribution in [-0.4, -0.2) is 28.5 Å². The summed E-state index contributed by atoms with van der Waals surface area (Å²) < 4.78 is 11.5. The minimum Gasteiger partial charge on any atom is -0.497 e. The number of thioether (sulfide) groups is 1. The number of nitrogens with one attached hydrogen (secondary N) is 1. The molecule has 1 N–H and O–H groups in total. The molecule has 4 aromatic rings. The molecule has 0 radical (unpaired) electrons. The highest BCUT2D eigenvalue weighted by molar-refractivity contribution is 7.98. The van der Waals surface area contributed by atoms with Gasteiger partial charge >= 0.3 is 0 Å². The first-order chi connectivity index (χ1) is 16.7. The molecule has 0 saturated heterocycles. The third kappa shape index (κ3) is 5.16. The van der Waals surface area contributed by atoms with E-state index in [1.165, 1.54) is 11.8 Å². The number of aromatic nitrogens is 3. The highest BCUT2D eigenvalue weighted by Gasteiger charge is 2.23. The first-order valence-corrected chi connectivity index (χ1v) is 12.0. The quantitative estimate of drug-likeness (QED) is 0.318. The van der Waals surface area contributed by atoms with Gasteiger partial charge < -0.3 is 14.8 Å². The number of rotatable bonds is 6. The lowest BCUT2D eigenvalue weighted by molar-refractivity contribution is 0.266. The van der Waals surface area contributed by atoms with Crippen LogP contribution in [0.5, 0.6) is 11.6 Å². The molecular formula is C26H21ClN4O2S. The fraction of sp³-hybridized carbons (Fsp3) is 0.115. The molecule has 34 heavy (non-hydrogen) atoms. The standard InChI is InChI=1S/C26H21ClN4O2S/c1-32-20-13-8-17(9-14-20)10-15-23-28-22-5-3-2-4-21(22)24-25(33-23)29-26(31-30-24)34-16-18-6-11-19(27)12-7-18/h2-15,23,28H,16H2,1H3. The highest BCUT2D eigenvalue weighted by Crippen LogP contribution is 2.36. The molecule has 1 aliphatic rings. The smallest absolute Gasteiger partial charge is 0.247 e. The summed E-state index contributed by atoms with van der Waals surface area (Å²) in [5, 5.41) is 13.5. The zero-order chi connectivity index (χ0) is 23.3. The van der Waals surface area contributed by atoms with Crippen LogP contribution in [0.25, 0.3) is 17.3 Å². The van der Waals surface area contributed by atoms with Gasteiger partial charge in [-0.1, -0.05) is 71.9 Å². The van der Waals surface area contributed by atoms with E-state index < -0.39 is 6.23 Å². The van der Waals surface area contributed by atoms with Crippen LogP contribution in [0.4, 0.5) is 5.69 Å². The Morgan fingerprint density at radius 1 is 1.03 bits per heavy atom. The Hall–Kier alpha value is -3.55. The third-order valence-corrected chi connectivity index (χ3v) is 6.38. The number of nitrogens with zero attached hydrogens (tertiary/aromatic N) is 3. The summed E-state index contributed by atoms with van der Waals surface area (Å²) in [5.74, 6) is 1.96. The minimum atomic E-state index is -0.435. The molecule has 0 saturated carbocycles. The van der Waals surface area contributed by atoms with Crippen molar-refractivity contribution in [2.45, 2.75) is 17.1 Å². The lowest BCUT2D eigenvalue weighted by Gasteiger charge is -2.15. The lowest BCUT2D eigenvalue weighted by atomic mass is 10.1. The largest absolute Gasteiger partial charge is 0.497 e. The van der Waals surface area contributed by atoms with E-state index in [1.807, 2.05) is 84.9 Å². The van der Waals surface area contributed by atoms with Crippen LogP contribution in [-0.2, 0) is 5.75 Å². The monoisotopic (exact) mass is 488 g/mol. The van der Waals surface area contributed by atoms with Crippen molar-refractivity contribution in [1.82, 2.24) is 15.2 Å². The van der Waals surface area contributed by atoms with Gasteiger partial charge in [0, 0.05) is 22.0 Å². The zero-order valence-corrected chi connectivity index (χ0v) is 19.9. The maximum absolute atomic E-state index is 6.25. The summed E-state index contributed by atoms with van der Waals surface area (Å²) in [5.41, 5.74) is 4.57. The second-order valence-electron chi connectivity index (χ2n) is 7.52. The van der Waals surface area contributed by atoms with Crippen LogP contribution in [0.2, 0.25) is 5.02 Å². The van der Waals surface area contributed by atoms with E-state index in [2.05, 4.69) is 20.5 Å². The normalized spacial score (nSPS) is 14.5. The van der Waals surface area contributed by atoms with Gasteiger partial charge in [-0.05, 0) is 47.5 Å². The molecular weight excluding hydrogens is 468 g/mol. The van der Waals surface area contributed by atoms with Gasteiger partial charge in [-0.3, -0.25) is 0 Å². The van der Waals surface area contributed by atoms with Gasteiger partial charge in [0.15, 0.2) is 11.9 Å². The molecule has 1 aliphatic heterocycles. The first kappa shape index (κ1) is 22.3. The van der Waals surface area contributed by atoms with E-state index in [9.17, 15) is 0 Å². The maximum Gasteiger partial charge on any atom is 0.247 e. The number of fused-ring (bicyclic) bond motifs is 3. The van der Waals surface area contributed by atoms with Gasteiger partial charge in [0.2, 0.25) is 11.0 Å². The lowest BCUT2D eigenvalue weighted by Crippen LogP contribution is -2.23. The Labute approximate surface area is 207 Å². The van der Waals surface area contributed by atoms with Gasteiger partial charge in [0.1, 0.15) is 5.75 Å². The molecule has 8 heteroatoms. The van der Waals surface area contributed by atoms with Crippen molar-refractivity contribution < 1.29 is 9.47 Å². The molecule has 1 aromatic heterocycles. The average molecular weight is 489 g/mol. The topological polar surface area (TPSA) is 69.2 Å². The minimum absolute atomic E-state index is 0.435. The number of hydrogen-bond donors (Lipinski definition) is 1. The van der Waals surface area contributed by atoms with Crippen molar-refractivity contribution in [2.75, 3.05) is 12.4 Å². The molecule has 2 heterocycles. The van der Waals surface area contributed by atoms with E-state index in [-0.39, 0.29) is 0 Å². The number of hydrogen-bond acceptors (Lipinski definition) is 7. The molecule has 1 unspecified atom stereocenters. The summed E-state index contributed by atoms with van der Waals surface area (Å²) in [4.78, 5) is 4.68. The van der Waals surface area contributed by atoms with Crippen LogP contribution in [0.15, 0.2) is 84.0 Å². The van der Waals surface area contributed by atoms with E-state index in [1.54, 1.807) is 7.11 Å². The Bertz CT molecular complexity index is 1310. The Balaban J connectivity index is 1.40. The molecule has 170 valence electrons. The van der Waals surface area contributed by atoms with Gasteiger partial charge in [0.25, 0.3) is 0 Å². The van der Waals surface area contributed by atoms with Crippen molar-refractivity contribution in [1.29, 1.82) is 0 Å². The second-order valence-corrected chi connectivity index (χ2v) is 8.90. The summed E-state index contributed by atoms with van der Waals surface area (Å²) in [7, 11) is 1.65. The van der Waals surface area contributed by atoms with E-state index in [0.717, 1.165) is 28.1 Å². The van der Waals surface area contributed by atoms with E-state index >= 15 is 0 Å². The maximum atomic E-state index is 6.25. The van der Waals surface area contributed by atoms with E-state index in [4.69, 9.17) is 21.1 Å². The van der Waals surface area contributed by atoms with Gasteiger partial charge in [0.05, 0.1) is 7.11 Å². The predicted octanol–water partition coefficient (Wildman–Crippen LogP) is 6.34. The molecule has 0 amide bonds. The number of ether oxygens (including phenoxy) is 2. The molecule has 0 aliphatic carbocycles. The van der Waals surface area contributed by atoms with Crippen LogP contribution in [0, 0.1) is 0 Å². The van der Waals surface area contributed by atoms with Crippen LogP contribution in [0.1, 0.15) is 11.1 Å². The fourth-order valence-electron chi connectivity index (χ4n) is 3.46. The Morgan fingerprint density at radius 2 is 1.82 bits per heavy atom. The third-order valence-electron chi connectivity index (χ3n) is 5.21. The van der Waals surface area contributed by atoms with Crippen LogP contribution < -0.4 is 14.8 Å². The van der Waals surface area contributed by atoms with Crippen LogP contribution >= 0.6 is 23.4 Å². The van der Waals surface area contributed by atoms with Gasteiger partial charge in [-0.2, -0.15) is 4.98 Å². The number of anilines is 1. The van der Waals surface area contributed by atoms with Gasteiger partial charge in [-0.15, -0.1) is 10.2 Å². The number of benzene rings is 3. The summed E-state index contributed by atoms with van der Waals surface area (Å²) in [6, 6.07) is 23.5. The first-order valence-electron chi connectivity index (χ1n) is 10.6. The molecule has 5 rings (SSSR count).